The van der Waals surface area contributed by atoms with Gasteiger partial charge in [-0.3, -0.25) is 0 Å². The first-order valence-electron chi connectivity index (χ1n) is 14.0. The molecule has 1 heterocycles. The number of hydrogen-bond acceptors (Lipinski definition) is 4. The number of aliphatic hydroxyl groups is 1. The van der Waals surface area contributed by atoms with Gasteiger partial charge in [-0.2, -0.15) is 0 Å². The second-order valence-corrected chi connectivity index (χ2v) is 16.9. The topological polar surface area (TPSA) is 47.9 Å². The Morgan fingerprint density at radius 1 is 0.971 bits per heavy atom. The molecule has 0 unspecified atom stereocenters. The van der Waals surface area contributed by atoms with E-state index in [1.54, 1.807) is 0 Å². The van der Waals surface area contributed by atoms with E-state index in [1.165, 1.54) is 64.2 Å². The molecule has 0 aromatic rings. The largest absolute Gasteiger partial charge is 0.411 e. The summed E-state index contributed by atoms with van der Waals surface area (Å²) < 4.78 is 18.6. The van der Waals surface area contributed by atoms with Gasteiger partial charge in [0.05, 0.1) is 18.8 Å². The van der Waals surface area contributed by atoms with Crippen molar-refractivity contribution in [1.82, 2.24) is 0 Å². The van der Waals surface area contributed by atoms with E-state index in [2.05, 4.69) is 52.6 Å². The number of unbranched alkanes of at least 4 members (excludes halogenated alkanes) is 10. The van der Waals surface area contributed by atoms with Gasteiger partial charge in [-0.05, 0) is 38.4 Å². The molecule has 0 amide bonds. The molecule has 0 spiro atoms. The number of hydrogen-bond donors (Lipinski definition) is 1. The lowest BCUT2D eigenvalue weighted by molar-refractivity contribution is -0.151. The summed E-state index contributed by atoms with van der Waals surface area (Å²) in [6.45, 7) is 17.9. The summed E-state index contributed by atoms with van der Waals surface area (Å²) in [5.41, 5.74) is 0. The van der Waals surface area contributed by atoms with Crippen molar-refractivity contribution in [3.05, 3.63) is 0 Å². The van der Waals surface area contributed by atoms with Crippen molar-refractivity contribution in [3.63, 3.8) is 0 Å². The molecule has 4 nitrogen and oxygen atoms in total. The van der Waals surface area contributed by atoms with Crippen molar-refractivity contribution in [2.24, 2.45) is 0 Å². The van der Waals surface area contributed by atoms with E-state index in [-0.39, 0.29) is 17.2 Å². The lowest BCUT2D eigenvalue weighted by Gasteiger charge is -2.41. The summed E-state index contributed by atoms with van der Waals surface area (Å²) in [6.07, 6.45) is 14.5. The highest BCUT2D eigenvalue weighted by Gasteiger charge is 2.44. The molecular weight excluding hydrogens is 440 g/mol. The minimum absolute atomic E-state index is 0.0973. The first-order valence-corrected chi connectivity index (χ1v) is 16.9. The van der Waals surface area contributed by atoms with Crippen LogP contribution in [0.2, 0.25) is 18.1 Å². The zero-order chi connectivity index (χ0) is 25.7. The van der Waals surface area contributed by atoms with Crippen LogP contribution in [0.15, 0.2) is 0 Å². The van der Waals surface area contributed by atoms with Gasteiger partial charge in [-0.1, -0.05) is 85.5 Å². The highest BCUT2D eigenvalue weighted by Crippen LogP contribution is 2.39. The normalized spacial score (nSPS) is 20.1. The summed E-state index contributed by atoms with van der Waals surface area (Å²) in [5, 5.41) is 10.8. The summed E-state index contributed by atoms with van der Waals surface area (Å²) in [5.74, 6) is 5.88. The van der Waals surface area contributed by atoms with Gasteiger partial charge in [-0.15, -0.1) is 11.8 Å². The van der Waals surface area contributed by atoms with Gasteiger partial charge in [0, 0.05) is 19.3 Å². The van der Waals surface area contributed by atoms with Gasteiger partial charge in [0.15, 0.2) is 14.1 Å². The molecule has 0 aromatic carbocycles. The fourth-order valence-electron chi connectivity index (χ4n) is 4.06. The molecule has 1 aliphatic heterocycles. The number of ether oxygens (including phenoxy) is 2. The van der Waals surface area contributed by atoms with Crippen LogP contribution in [0.4, 0.5) is 0 Å². The van der Waals surface area contributed by atoms with Crippen molar-refractivity contribution in [3.8, 4) is 11.8 Å². The zero-order valence-electron chi connectivity index (χ0n) is 23.8. The van der Waals surface area contributed by atoms with Crippen LogP contribution in [0.25, 0.3) is 0 Å². The van der Waals surface area contributed by atoms with Crippen molar-refractivity contribution in [1.29, 1.82) is 0 Å². The number of aliphatic hydroxyl groups excluding tert-OH is 1. The SMILES string of the molecule is CCCCCCCCCCCCC#CC[C@H](O)C[C@H](O[Si](C)(C)C(C)(C)C)[C@H]1COC(C)(C)O1. The highest BCUT2D eigenvalue weighted by molar-refractivity contribution is 6.74. The number of rotatable bonds is 16. The van der Waals surface area contributed by atoms with Crippen LogP contribution >= 0.6 is 0 Å². The zero-order valence-corrected chi connectivity index (χ0v) is 24.8. The van der Waals surface area contributed by atoms with Crippen LogP contribution in [0.3, 0.4) is 0 Å². The second kappa shape index (κ2) is 15.7. The molecule has 0 radical (unpaired) electrons. The summed E-state index contributed by atoms with van der Waals surface area (Å²) in [4.78, 5) is 0. The van der Waals surface area contributed by atoms with Gasteiger partial charge in [0.25, 0.3) is 0 Å². The van der Waals surface area contributed by atoms with Crippen molar-refractivity contribution in [2.45, 2.75) is 167 Å². The third-order valence-electron chi connectivity index (χ3n) is 7.32. The molecule has 1 fully saturated rings. The Morgan fingerprint density at radius 3 is 2.03 bits per heavy atom. The molecular formula is C29H56O4Si. The van der Waals surface area contributed by atoms with E-state index < -0.39 is 20.2 Å². The molecule has 0 aliphatic carbocycles. The Morgan fingerprint density at radius 2 is 1.53 bits per heavy atom. The fourth-order valence-corrected chi connectivity index (χ4v) is 5.42. The second-order valence-electron chi connectivity index (χ2n) is 12.2. The molecule has 200 valence electrons. The molecule has 3 atom stereocenters. The molecule has 1 rings (SSSR count). The van der Waals surface area contributed by atoms with Crippen LogP contribution in [-0.2, 0) is 13.9 Å². The first-order chi connectivity index (χ1) is 15.9. The third-order valence-corrected chi connectivity index (χ3v) is 11.8. The molecule has 34 heavy (non-hydrogen) atoms. The van der Waals surface area contributed by atoms with E-state index in [0.717, 1.165) is 6.42 Å². The predicted molar refractivity (Wildman–Crippen MR) is 146 cm³/mol. The Balaban J connectivity index is 2.36. The maximum Gasteiger partial charge on any atom is 0.192 e. The standard InChI is InChI=1S/C29H56O4Si/c1-9-10-11-12-13-14-15-16-17-18-19-20-21-22-25(30)23-26(27-24-31-29(5,6)32-27)33-34(7,8)28(2,3)4/h25-27,30H,9-19,22-24H2,1-8H3/t25-,26-,27+/m0/s1. The van der Waals surface area contributed by atoms with Gasteiger partial charge >= 0.3 is 0 Å². The molecule has 1 N–H and O–H groups in total. The smallest absolute Gasteiger partial charge is 0.192 e. The molecule has 1 aliphatic rings. The maximum atomic E-state index is 10.7. The average molecular weight is 497 g/mol. The van der Waals surface area contributed by atoms with Crippen LogP contribution in [0.1, 0.15) is 125 Å². The summed E-state index contributed by atoms with van der Waals surface area (Å²) in [7, 11) is -2.00. The highest BCUT2D eigenvalue weighted by atomic mass is 28.4. The van der Waals surface area contributed by atoms with Crippen LogP contribution in [0, 0.1) is 11.8 Å². The maximum absolute atomic E-state index is 10.7. The molecule has 0 bridgehead atoms. The Labute approximate surface area is 213 Å². The summed E-state index contributed by atoms with van der Waals surface area (Å²) >= 11 is 0. The van der Waals surface area contributed by atoms with E-state index in [1.807, 2.05) is 13.8 Å². The predicted octanol–water partition coefficient (Wildman–Crippen LogP) is 7.98. The fraction of sp³-hybridized carbons (Fsp3) is 0.931. The first kappa shape index (κ1) is 31.6. The Hall–Kier alpha value is -0.383. The van der Waals surface area contributed by atoms with Crippen LogP contribution in [-0.4, -0.2) is 44.1 Å². The quantitative estimate of drug-likeness (QED) is 0.134. The van der Waals surface area contributed by atoms with E-state index in [4.69, 9.17) is 13.9 Å². The Bertz CT molecular complexity index is 599. The lowest BCUT2D eigenvalue weighted by atomic mass is 10.0. The van der Waals surface area contributed by atoms with Gasteiger partial charge in [-0.25, -0.2) is 0 Å². The molecule has 1 saturated heterocycles. The molecule has 0 saturated carbocycles. The van der Waals surface area contributed by atoms with Gasteiger partial charge in [0.2, 0.25) is 0 Å². The van der Waals surface area contributed by atoms with E-state index in [0.29, 0.717) is 19.4 Å². The monoisotopic (exact) mass is 496 g/mol. The Kier molecular flexibility index (Phi) is 14.6. The van der Waals surface area contributed by atoms with Gasteiger partial charge in [0.1, 0.15) is 6.10 Å². The third kappa shape index (κ3) is 13.1. The van der Waals surface area contributed by atoms with E-state index in [9.17, 15) is 5.11 Å². The molecule has 0 aromatic heterocycles. The lowest BCUT2D eigenvalue weighted by Crippen LogP contribution is -2.48. The van der Waals surface area contributed by atoms with Crippen LogP contribution < -0.4 is 0 Å². The average Bonchev–Trinajstić information content (AvgIpc) is 3.09. The van der Waals surface area contributed by atoms with Crippen molar-refractivity contribution in [2.75, 3.05) is 6.61 Å². The minimum atomic E-state index is -2.00. The van der Waals surface area contributed by atoms with Crippen LogP contribution in [0.5, 0.6) is 0 Å². The summed E-state index contributed by atoms with van der Waals surface area (Å²) in [6, 6.07) is 0. The van der Waals surface area contributed by atoms with Crippen molar-refractivity contribution >= 4 is 8.32 Å². The minimum Gasteiger partial charge on any atom is -0.411 e. The van der Waals surface area contributed by atoms with E-state index >= 15 is 0 Å². The van der Waals surface area contributed by atoms with Gasteiger partial charge < -0.3 is 19.0 Å². The van der Waals surface area contributed by atoms with Crippen molar-refractivity contribution < 1.29 is 19.0 Å². The molecule has 5 heteroatoms.